The molecule has 1 aliphatic heterocycles. The molecule has 164 valence electrons. The Kier molecular flexibility index (Phi) is 4.84. The number of amides is 1. The van der Waals surface area contributed by atoms with Crippen LogP contribution in [-0.4, -0.2) is 39.0 Å². The van der Waals surface area contributed by atoms with Crippen molar-refractivity contribution in [2.24, 2.45) is 0 Å². The van der Waals surface area contributed by atoms with Gasteiger partial charge in [-0.25, -0.2) is 0 Å². The third-order valence-corrected chi connectivity index (χ3v) is 6.99. The zero-order valence-electron chi connectivity index (χ0n) is 18.3. The van der Waals surface area contributed by atoms with Gasteiger partial charge in [0.05, 0.1) is 17.2 Å². The van der Waals surface area contributed by atoms with E-state index >= 15 is 0 Å². The summed E-state index contributed by atoms with van der Waals surface area (Å²) in [5, 5.41) is 11.9. The Balaban J connectivity index is 1.36. The van der Waals surface area contributed by atoms with Crippen molar-refractivity contribution in [1.29, 1.82) is 0 Å². The lowest BCUT2D eigenvalue weighted by Crippen LogP contribution is -2.36. The van der Waals surface area contributed by atoms with Crippen molar-refractivity contribution in [2.45, 2.75) is 25.4 Å². The summed E-state index contributed by atoms with van der Waals surface area (Å²) in [6.07, 6.45) is 7.00. The third-order valence-electron chi connectivity index (χ3n) is 6.99. The molecule has 1 atom stereocenters. The molecule has 2 aromatic heterocycles. The van der Waals surface area contributed by atoms with Gasteiger partial charge in [0.15, 0.2) is 0 Å². The van der Waals surface area contributed by atoms with Crippen LogP contribution in [0.2, 0.25) is 0 Å². The van der Waals surface area contributed by atoms with Crippen LogP contribution in [-0.2, 0) is 6.42 Å². The van der Waals surface area contributed by atoms with E-state index in [1.165, 1.54) is 22.3 Å². The number of aromatic nitrogens is 2. The number of benzene rings is 2. The van der Waals surface area contributed by atoms with Crippen molar-refractivity contribution in [3.05, 3.63) is 107 Å². The van der Waals surface area contributed by atoms with Crippen LogP contribution >= 0.6 is 0 Å². The van der Waals surface area contributed by atoms with Gasteiger partial charge in [0.1, 0.15) is 0 Å². The quantitative estimate of drug-likeness (QED) is 0.447. The predicted molar refractivity (Wildman–Crippen MR) is 129 cm³/mol. The van der Waals surface area contributed by atoms with E-state index in [1.807, 2.05) is 41.4 Å². The Bertz CT molecular complexity index is 1390. The Morgan fingerprint density at radius 2 is 1.73 bits per heavy atom. The molecule has 6 rings (SSSR count). The van der Waals surface area contributed by atoms with Gasteiger partial charge >= 0.3 is 0 Å². The summed E-state index contributed by atoms with van der Waals surface area (Å²) >= 11 is 0. The molecule has 2 aliphatic rings. The average molecular weight is 436 g/mol. The fourth-order valence-corrected chi connectivity index (χ4v) is 5.34. The molecular formula is C28H25N3O2. The van der Waals surface area contributed by atoms with Crippen LogP contribution in [0.15, 0.2) is 78.8 Å². The van der Waals surface area contributed by atoms with E-state index in [0.29, 0.717) is 25.1 Å². The van der Waals surface area contributed by atoms with E-state index in [-0.39, 0.29) is 5.91 Å². The number of hydrogen-bond acceptors (Lipinski definition) is 3. The van der Waals surface area contributed by atoms with Gasteiger partial charge in [-0.2, -0.15) is 0 Å². The summed E-state index contributed by atoms with van der Waals surface area (Å²) < 4.78 is 0. The van der Waals surface area contributed by atoms with Crippen LogP contribution in [0, 0.1) is 0 Å². The number of carbonyl (C=O) groups excluding carboxylic acids is 1. The summed E-state index contributed by atoms with van der Waals surface area (Å²) in [6.45, 7) is 1.34. The molecule has 5 nitrogen and oxygen atoms in total. The lowest BCUT2D eigenvalue weighted by Gasteiger charge is -2.30. The highest BCUT2D eigenvalue weighted by Gasteiger charge is 2.28. The largest absolute Gasteiger partial charge is 0.388 e. The van der Waals surface area contributed by atoms with Crippen LogP contribution in [0.4, 0.5) is 0 Å². The van der Waals surface area contributed by atoms with E-state index in [9.17, 15) is 9.90 Å². The summed E-state index contributed by atoms with van der Waals surface area (Å²) in [7, 11) is 0. The van der Waals surface area contributed by atoms with Crippen LogP contribution in [0.25, 0.3) is 16.5 Å². The Hall–Kier alpha value is -3.70. The van der Waals surface area contributed by atoms with Crippen LogP contribution in [0.5, 0.6) is 0 Å². The number of piperidine rings is 1. The minimum Gasteiger partial charge on any atom is -0.388 e. The molecule has 2 aromatic carbocycles. The Labute approximate surface area is 192 Å². The molecule has 1 unspecified atom stereocenters. The van der Waals surface area contributed by atoms with Crippen LogP contribution in [0.1, 0.15) is 51.6 Å². The topological polar surface area (TPSA) is 69.2 Å². The normalized spacial score (nSPS) is 18.1. The van der Waals surface area contributed by atoms with Crippen molar-refractivity contribution in [3.8, 4) is 0 Å². The molecule has 0 radical (unpaired) electrons. The third kappa shape index (κ3) is 3.36. The highest BCUT2D eigenvalue weighted by atomic mass is 16.3. The van der Waals surface area contributed by atoms with Crippen LogP contribution in [0.3, 0.4) is 0 Å². The van der Waals surface area contributed by atoms with Gasteiger partial charge in [0.25, 0.3) is 5.91 Å². The number of hydrogen-bond donors (Lipinski definition) is 2. The molecule has 1 saturated heterocycles. The summed E-state index contributed by atoms with van der Waals surface area (Å²) in [5.74, 6) is 0.0247. The molecule has 3 heterocycles. The minimum absolute atomic E-state index is 0.0247. The molecule has 1 amide bonds. The second kappa shape index (κ2) is 8.01. The number of nitrogens with one attached hydrogen (secondary N) is 1. The number of fused-ring (bicyclic) bond motifs is 3. The maximum atomic E-state index is 13.3. The Morgan fingerprint density at radius 3 is 2.58 bits per heavy atom. The molecule has 5 heteroatoms. The number of carbonyl (C=O) groups is 1. The number of aliphatic hydroxyl groups is 1. The highest BCUT2D eigenvalue weighted by molar-refractivity contribution is 6.05. The van der Waals surface area contributed by atoms with Crippen molar-refractivity contribution < 1.29 is 9.90 Å². The molecule has 1 fully saturated rings. The molecule has 1 aliphatic carbocycles. The number of H-pyrrole nitrogens is 1. The SMILES string of the molecule is O=C(c1cncc2cc[nH]c12)N1CCC(=C2c3ccccc3CC(O)c3ccccc32)CC1. The summed E-state index contributed by atoms with van der Waals surface area (Å²) in [4.78, 5) is 22.7. The van der Waals surface area contributed by atoms with Gasteiger partial charge in [0, 0.05) is 43.5 Å². The van der Waals surface area contributed by atoms with Gasteiger partial charge in [-0.3, -0.25) is 9.78 Å². The number of likely N-dealkylation sites (tertiary alicyclic amines) is 1. The number of aromatic amines is 1. The summed E-state index contributed by atoms with van der Waals surface area (Å²) in [5.41, 5.74) is 8.54. The Morgan fingerprint density at radius 1 is 0.970 bits per heavy atom. The van der Waals surface area contributed by atoms with E-state index < -0.39 is 6.10 Å². The predicted octanol–water partition coefficient (Wildman–Crippen LogP) is 4.89. The van der Waals surface area contributed by atoms with E-state index in [4.69, 9.17) is 0 Å². The molecule has 33 heavy (non-hydrogen) atoms. The standard InChI is InChI=1S/C28H25N3O2/c32-25-15-19-5-1-2-6-21(19)26(23-8-4-3-7-22(23)25)18-10-13-31(14-11-18)28(33)24-17-29-16-20-9-12-30-27(20)24/h1-9,12,16-17,25,30,32H,10-11,13-15H2. The van der Waals surface area contributed by atoms with Crippen molar-refractivity contribution >= 4 is 22.4 Å². The fraction of sp³-hybridized carbons (Fsp3) is 0.214. The van der Waals surface area contributed by atoms with Crippen molar-refractivity contribution in [1.82, 2.24) is 14.9 Å². The zero-order chi connectivity index (χ0) is 22.4. The smallest absolute Gasteiger partial charge is 0.257 e. The second-order valence-electron chi connectivity index (χ2n) is 8.86. The lowest BCUT2D eigenvalue weighted by molar-refractivity contribution is 0.0745. The fourth-order valence-electron chi connectivity index (χ4n) is 5.34. The molecule has 0 bridgehead atoms. The first-order valence-corrected chi connectivity index (χ1v) is 11.5. The first-order valence-electron chi connectivity index (χ1n) is 11.5. The van der Waals surface area contributed by atoms with E-state index in [0.717, 1.165) is 34.9 Å². The zero-order valence-corrected chi connectivity index (χ0v) is 18.3. The molecule has 4 aromatic rings. The second-order valence-corrected chi connectivity index (χ2v) is 8.86. The van der Waals surface area contributed by atoms with Gasteiger partial charge in [0.2, 0.25) is 0 Å². The maximum absolute atomic E-state index is 13.3. The molecule has 0 saturated carbocycles. The van der Waals surface area contributed by atoms with E-state index in [2.05, 4.69) is 34.2 Å². The minimum atomic E-state index is -0.518. The lowest BCUT2D eigenvalue weighted by atomic mass is 9.86. The maximum Gasteiger partial charge on any atom is 0.257 e. The monoisotopic (exact) mass is 435 g/mol. The van der Waals surface area contributed by atoms with Gasteiger partial charge in [-0.05, 0) is 46.7 Å². The van der Waals surface area contributed by atoms with Crippen LogP contribution < -0.4 is 0 Å². The highest BCUT2D eigenvalue weighted by Crippen LogP contribution is 2.41. The molecule has 0 spiro atoms. The molecular weight excluding hydrogens is 410 g/mol. The number of aliphatic hydroxyl groups excluding tert-OH is 1. The molecule has 2 N–H and O–H groups in total. The van der Waals surface area contributed by atoms with Crippen molar-refractivity contribution in [2.75, 3.05) is 13.1 Å². The first-order chi connectivity index (χ1) is 16.2. The number of pyridine rings is 1. The average Bonchev–Trinajstić information content (AvgIpc) is 3.30. The van der Waals surface area contributed by atoms with Crippen molar-refractivity contribution in [3.63, 3.8) is 0 Å². The number of nitrogens with zero attached hydrogens (tertiary/aromatic N) is 2. The number of rotatable bonds is 1. The first kappa shape index (κ1) is 19.9. The summed E-state index contributed by atoms with van der Waals surface area (Å²) in [6, 6.07) is 18.5. The van der Waals surface area contributed by atoms with Gasteiger partial charge in [-0.15, -0.1) is 0 Å². The van der Waals surface area contributed by atoms with E-state index in [1.54, 1.807) is 12.4 Å². The van der Waals surface area contributed by atoms with Gasteiger partial charge in [-0.1, -0.05) is 54.1 Å². The van der Waals surface area contributed by atoms with Gasteiger partial charge < -0.3 is 15.0 Å².